The van der Waals surface area contributed by atoms with Gasteiger partial charge in [0.25, 0.3) is 0 Å². The van der Waals surface area contributed by atoms with Crippen LogP contribution in [0.1, 0.15) is 79.6 Å². The lowest BCUT2D eigenvalue weighted by molar-refractivity contribution is -0.253. The van der Waals surface area contributed by atoms with Gasteiger partial charge in [0.15, 0.2) is 6.29 Å². The van der Waals surface area contributed by atoms with Crippen LogP contribution >= 0.6 is 0 Å². The smallest absolute Gasteiger partial charge is 0.315 e. The molecule has 0 aromatic heterocycles. The number of nitrogens with zero attached hydrogens (tertiary/aromatic N) is 1. The molecular formula is C40H49N3O5. The summed E-state index contributed by atoms with van der Waals surface area (Å²) in [5, 5.41) is 16.2. The zero-order chi connectivity index (χ0) is 32.5. The third kappa shape index (κ3) is 7.05. The molecule has 3 aromatic rings. The van der Waals surface area contributed by atoms with E-state index in [1.165, 1.54) is 19.3 Å². The summed E-state index contributed by atoms with van der Waals surface area (Å²) in [7, 11) is 0. The summed E-state index contributed by atoms with van der Waals surface area (Å²) < 4.78 is 18.8. The summed E-state index contributed by atoms with van der Waals surface area (Å²) in [6.07, 6.45) is 7.71. The number of ether oxygens (including phenoxy) is 3. The highest BCUT2D eigenvalue weighted by Crippen LogP contribution is 2.55. The average Bonchev–Trinajstić information content (AvgIpc) is 3.10. The number of rotatable bonds is 9. The number of hydrogen-bond donors (Lipinski definition) is 3. The standard InChI is InChI=1S/C40H49N3O5/c44-26-27-5-7-32(8-6-27)37-20-35(25-43-13-15-46-16-14-43)47-38(48-37)33-11-9-31(10-12-33)36-4-2-1-3-34(36)24-41-39(45)42-40-21-28-17-29(22-40)19-30(18-28)23-40/h1-12,28-30,35,37-38,44H,13-26H2,(H2,41,42,45)/t28?,29?,30?,35-,37+,38+,40?/m0/s1. The summed E-state index contributed by atoms with van der Waals surface area (Å²) in [5.41, 5.74) is 6.26. The Labute approximate surface area is 284 Å². The molecule has 0 spiro atoms. The Hall–Kier alpha value is -3.27. The Kier molecular flexibility index (Phi) is 9.27. The minimum atomic E-state index is -0.494. The van der Waals surface area contributed by atoms with Crippen molar-refractivity contribution in [3.63, 3.8) is 0 Å². The minimum absolute atomic E-state index is 0.000529. The van der Waals surface area contributed by atoms with Crippen molar-refractivity contribution in [2.24, 2.45) is 17.8 Å². The lowest BCUT2D eigenvalue weighted by Crippen LogP contribution is -2.61. The number of morpholine rings is 1. The zero-order valence-electron chi connectivity index (χ0n) is 27.8. The van der Waals surface area contributed by atoms with Crippen LogP contribution in [0.25, 0.3) is 11.1 Å². The second-order valence-corrected chi connectivity index (χ2v) is 15.0. The van der Waals surface area contributed by atoms with Gasteiger partial charge in [-0.25, -0.2) is 4.79 Å². The number of hydrogen-bond acceptors (Lipinski definition) is 6. The molecule has 3 N–H and O–H groups in total. The molecule has 48 heavy (non-hydrogen) atoms. The Balaban J connectivity index is 0.946. The maximum atomic E-state index is 13.2. The molecule has 6 fully saturated rings. The molecule has 4 saturated carbocycles. The van der Waals surface area contributed by atoms with Gasteiger partial charge in [0.2, 0.25) is 0 Å². The summed E-state index contributed by atoms with van der Waals surface area (Å²) in [6.45, 7) is 4.67. The molecule has 8 nitrogen and oxygen atoms in total. The fraction of sp³-hybridized carbons (Fsp3) is 0.525. The number of aliphatic hydroxyl groups excluding tert-OH is 1. The van der Waals surface area contributed by atoms with Gasteiger partial charge >= 0.3 is 6.03 Å². The van der Waals surface area contributed by atoms with E-state index >= 15 is 0 Å². The SMILES string of the molecule is O=C(NCc1ccccc1-c1ccc([C@@H]2O[C@H](CN3CCOCC3)C[C@H](c3ccc(CO)cc3)O2)cc1)NC12CC3CC(CC(C3)C1)C2. The van der Waals surface area contributed by atoms with Gasteiger partial charge in [0.1, 0.15) is 0 Å². The Morgan fingerprint density at radius 3 is 2.17 bits per heavy atom. The predicted octanol–water partition coefficient (Wildman–Crippen LogP) is 6.49. The third-order valence-corrected chi connectivity index (χ3v) is 11.5. The number of carbonyl (C=O) groups is 1. The molecule has 2 heterocycles. The van der Waals surface area contributed by atoms with Crippen molar-refractivity contribution in [2.75, 3.05) is 32.8 Å². The monoisotopic (exact) mass is 651 g/mol. The maximum absolute atomic E-state index is 13.2. The molecule has 254 valence electrons. The van der Waals surface area contributed by atoms with Crippen molar-refractivity contribution in [2.45, 2.75) is 82.1 Å². The van der Waals surface area contributed by atoms with Gasteiger partial charge in [-0.05, 0) is 84.1 Å². The molecule has 8 heteroatoms. The van der Waals surface area contributed by atoms with E-state index in [9.17, 15) is 9.90 Å². The molecule has 2 saturated heterocycles. The van der Waals surface area contributed by atoms with Crippen molar-refractivity contribution in [1.82, 2.24) is 15.5 Å². The fourth-order valence-corrected chi connectivity index (χ4v) is 9.60. The highest BCUT2D eigenvalue weighted by Gasteiger charge is 2.51. The summed E-state index contributed by atoms with van der Waals surface area (Å²) in [6, 6.07) is 24.8. The van der Waals surface area contributed by atoms with Crippen LogP contribution in [0.15, 0.2) is 72.8 Å². The largest absolute Gasteiger partial charge is 0.392 e. The first kappa shape index (κ1) is 32.0. The van der Waals surface area contributed by atoms with Crippen molar-refractivity contribution < 1.29 is 24.1 Å². The predicted molar refractivity (Wildman–Crippen MR) is 184 cm³/mol. The fourth-order valence-electron chi connectivity index (χ4n) is 9.60. The molecule has 3 atom stereocenters. The van der Waals surface area contributed by atoms with E-state index in [0.29, 0.717) is 6.54 Å². The second-order valence-electron chi connectivity index (χ2n) is 15.0. The van der Waals surface area contributed by atoms with Gasteiger partial charge in [0, 0.05) is 43.7 Å². The van der Waals surface area contributed by atoms with E-state index < -0.39 is 6.29 Å². The summed E-state index contributed by atoms with van der Waals surface area (Å²) >= 11 is 0. The van der Waals surface area contributed by atoms with Gasteiger partial charge in [0.05, 0.1) is 32.0 Å². The van der Waals surface area contributed by atoms with E-state index in [4.69, 9.17) is 14.2 Å². The Morgan fingerprint density at radius 1 is 0.812 bits per heavy atom. The molecule has 3 aromatic carbocycles. The molecule has 4 aliphatic carbocycles. The quantitative estimate of drug-likeness (QED) is 0.245. The minimum Gasteiger partial charge on any atom is -0.392 e. The van der Waals surface area contributed by atoms with Crippen molar-refractivity contribution in [1.29, 1.82) is 0 Å². The maximum Gasteiger partial charge on any atom is 0.315 e. The molecule has 6 aliphatic rings. The summed E-state index contributed by atoms with van der Waals surface area (Å²) in [5.74, 6) is 2.39. The van der Waals surface area contributed by atoms with Crippen LogP contribution in [-0.2, 0) is 27.4 Å². The molecular weight excluding hydrogens is 602 g/mol. The van der Waals surface area contributed by atoms with Gasteiger partial charge in [-0.1, -0.05) is 72.8 Å². The van der Waals surface area contributed by atoms with Crippen LogP contribution in [0.3, 0.4) is 0 Å². The van der Waals surface area contributed by atoms with E-state index in [2.05, 4.69) is 70.1 Å². The Bertz CT molecular complexity index is 1520. The lowest BCUT2D eigenvalue weighted by Gasteiger charge is -2.56. The number of benzene rings is 3. The van der Waals surface area contributed by atoms with Crippen LogP contribution < -0.4 is 10.6 Å². The number of carbonyl (C=O) groups excluding carboxylic acids is 1. The van der Waals surface area contributed by atoms with E-state index in [1.54, 1.807) is 0 Å². The van der Waals surface area contributed by atoms with E-state index in [0.717, 1.165) is 110 Å². The molecule has 9 rings (SSSR count). The molecule has 4 bridgehead atoms. The average molecular weight is 652 g/mol. The molecule has 0 radical (unpaired) electrons. The number of urea groups is 1. The van der Waals surface area contributed by atoms with Gasteiger partial charge in [-0.15, -0.1) is 0 Å². The second kappa shape index (κ2) is 13.9. The van der Waals surface area contributed by atoms with Gasteiger partial charge in [-0.2, -0.15) is 0 Å². The first-order valence-electron chi connectivity index (χ1n) is 18.1. The molecule has 2 aliphatic heterocycles. The highest BCUT2D eigenvalue weighted by molar-refractivity contribution is 5.76. The lowest BCUT2D eigenvalue weighted by atomic mass is 9.53. The van der Waals surface area contributed by atoms with Crippen LogP contribution in [0.2, 0.25) is 0 Å². The number of amides is 2. The topological polar surface area (TPSA) is 92.3 Å². The number of nitrogens with one attached hydrogen (secondary N) is 2. The van der Waals surface area contributed by atoms with Crippen molar-refractivity contribution >= 4 is 6.03 Å². The van der Waals surface area contributed by atoms with E-state index in [1.807, 2.05) is 18.2 Å². The van der Waals surface area contributed by atoms with Crippen LogP contribution in [0.4, 0.5) is 4.79 Å². The van der Waals surface area contributed by atoms with Gasteiger partial charge < -0.3 is 30.0 Å². The van der Waals surface area contributed by atoms with Crippen molar-refractivity contribution in [3.05, 3.63) is 95.1 Å². The molecule has 0 unspecified atom stereocenters. The Morgan fingerprint density at radius 2 is 1.48 bits per heavy atom. The highest BCUT2D eigenvalue weighted by atomic mass is 16.7. The number of aliphatic hydroxyl groups is 1. The summed E-state index contributed by atoms with van der Waals surface area (Å²) in [4.78, 5) is 15.6. The first-order chi connectivity index (χ1) is 23.5. The van der Waals surface area contributed by atoms with Crippen LogP contribution in [-0.4, -0.2) is 60.5 Å². The van der Waals surface area contributed by atoms with E-state index in [-0.39, 0.29) is 30.4 Å². The first-order valence-corrected chi connectivity index (χ1v) is 18.1. The van der Waals surface area contributed by atoms with Crippen LogP contribution in [0.5, 0.6) is 0 Å². The third-order valence-electron chi connectivity index (χ3n) is 11.5. The normalized spacial score (nSPS) is 31.4. The van der Waals surface area contributed by atoms with Gasteiger partial charge in [-0.3, -0.25) is 4.90 Å². The van der Waals surface area contributed by atoms with Crippen molar-refractivity contribution in [3.8, 4) is 11.1 Å². The van der Waals surface area contributed by atoms with Crippen LogP contribution in [0, 0.1) is 17.8 Å². The zero-order valence-corrected chi connectivity index (χ0v) is 27.8. The molecule has 2 amide bonds.